The zero-order chi connectivity index (χ0) is 18.8. The van der Waals surface area contributed by atoms with Crippen LogP contribution in [-0.2, 0) is 13.0 Å². The molecule has 142 valence electrons. The lowest BCUT2D eigenvalue weighted by molar-refractivity contribution is 0.0772. The Balaban J connectivity index is 1.45. The zero-order valence-electron chi connectivity index (χ0n) is 16.0. The van der Waals surface area contributed by atoms with Crippen LogP contribution in [0.4, 0.5) is 0 Å². The van der Waals surface area contributed by atoms with Gasteiger partial charge in [0.1, 0.15) is 11.5 Å². The fourth-order valence-corrected chi connectivity index (χ4v) is 4.17. The minimum Gasteiger partial charge on any atom is -0.497 e. The molecule has 2 aromatic rings. The zero-order valence-corrected chi connectivity index (χ0v) is 16.0. The van der Waals surface area contributed by atoms with Crippen molar-refractivity contribution in [2.24, 2.45) is 0 Å². The molecule has 0 aromatic heterocycles. The van der Waals surface area contributed by atoms with Crippen LogP contribution < -0.4 is 9.47 Å². The van der Waals surface area contributed by atoms with Gasteiger partial charge in [0.25, 0.3) is 5.91 Å². The van der Waals surface area contributed by atoms with E-state index in [0.717, 1.165) is 39.0 Å². The Bertz CT molecular complexity index is 814. The maximum atomic E-state index is 13.0. The lowest BCUT2D eigenvalue weighted by Crippen LogP contribution is -2.41. The van der Waals surface area contributed by atoms with E-state index in [1.807, 2.05) is 4.90 Å². The Kier molecular flexibility index (Phi) is 5.03. The summed E-state index contributed by atoms with van der Waals surface area (Å²) in [5.41, 5.74) is 3.50. The molecule has 1 unspecified atom stereocenters. The summed E-state index contributed by atoms with van der Waals surface area (Å²) in [5, 5.41) is 0. The van der Waals surface area contributed by atoms with Crippen molar-refractivity contribution in [2.75, 3.05) is 33.9 Å². The molecule has 4 rings (SSSR count). The average Bonchev–Trinajstić information content (AvgIpc) is 3.22. The van der Waals surface area contributed by atoms with Crippen molar-refractivity contribution >= 4 is 5.91 Å². The first-order valence-corrected chi connectivity index (χ1v) is 9.51. The van der Waals surface area contributed by atoms with Crippen LogP contribution in [0.3, 0.4) is 0 Å². The summed E-state index contributed by atoms with van der Waals surface area (Å²) in [6.45, 7) is 3.62. The molecule has 0 saturated carbocycles. The highest BCUT2D eigenvalue weighted by Crippen LogP contribution is 2.27. The third-order valence-electron chi connectivity index (χ3n) is 5.73. The molecule has 1 saturated heterocycles. The fraction of sp³-hybridized carbons (Fsp3) is 0.409. The van der Waals surface area contributed by atoms with Crippen LogP contribution in [0, 0.1) is 0 Å². The van der Waals surface area contributed by atoms with Crippen molar-refractivity contribution in [3.8, 4) is 11.5 Å². The highest BCUT2D eigenvalue weighted by atomic mass is 16.5. The normalized spacial score (nSPS) is 19.6. The van der Waals surface area contributed by atoms with E-state index in [-0.39, 0.29) is 5.91 Å². The van der Waals surface area contributed by atoms with Crippen molar-refractivity contribution in [1.82, 2.24) is 9.80 Å². The Morgan fingerprint density at radius 1 is 1.00 bits per heavy atom. The Morgan fingerprint density at radius 3 is 2.41 bits per heavy atom. The molecule has 0 radical (unpaired) electrons. The Labute approximate surface area is 160 Å². The number of carbonyl (C=O) groups excluding carboxylic acids is 1. The summed E-state index contributed by atoms with van der Waals surface area (Å²) in [6, 6.07) is 14.5. The standard InChI is InChI=1S/C22H26N2O3/c1-26-20-11-18(12-21(13-20)27-2)22(25)24-10-8-19(15-24)23-9-7-16-5-3-4-6-17(16)14-23/h3-6,11-13,19H,7-10,14-15H2,1-2H3. The highest BCUT2D eigenvalue weighted by molar-refractivity contribution is 5.95. The summed E-state index contributed by atoms with van der Waals surface area (Å²) in [4.78, 5) is 17.5. The smallest absolute Gasteiger partial charge is 0.254 e. The molecule has 5 heteroatoms. The van der Waals surface area contributed by atoms with Gasteiger partial charge in [-0.1, -0.05) is 24.3 Å². The van der Waals surface area contributed by atoms with Crippen LogP contribution in [0.15, 0.2) is 42.5 Å². The number of rotatable bonds is 4. The van der Waals surface area contributed by atoms with Gasteiger partial charge in [0, 0.05) is 43.9 Å². The Morgan fingerprint density at radius 2 is 1.70 bits per heavy atom. The van der Waals surface area contributed by atoms with Crippen molar-refractivity contribution < 1.29 is 14.3 Å². The van der Waals surface area contributed by atoms with Gasteiger partial charge in [0.05, 0.1) is 14.2 Å². The third-order valence-corrected chi connectivity index (χ3v) is 5.73. The largest absolute Gasteiger partial charge is 0.497 e. The van der Waals surface area contributed by atoms with Gasteiger partial charge in [-0.05, 0) is 36.1 Å². The maximum Gasteiger partial charge on any atom is 0.254 e. The van der Waals surface area contributed by atoms with Crippen molar-refractivity contribution in [3.63, 3.8) is 0 Å². The molecule has 0 N–H and O–H groups in total. The lowest BCUT2D eigenvalue weighted by Gasteiger charge is -2.33. The summed E-state index contributed by atoms with van der Waals surface area (Å²) in [5.74, 6) is 1.33. The van der Waals surface area contributed by atoms with Gasteiger partial charge in [0.2, 0.25) is 0 Å². The van der Waals surface area contributed by atoms with Gasteiger partial charge in [-0.15, -0.1) is 0 Å². The second kappa shape index (κ2) is 7.61. The van der Waals surface area contributed by atoms with Crippen LogP contribution in [0.1, 0.15) is 27.9 Å². The maximum absolute atomic E-state index is 13.0. The molecular formula is C22H26N2O3. The van der Waals surface area contributed by atoms with Crippen molar-refractivity contribution in [2.45, 2.75) is 25.4 Å². The number of likely N-dealkylation sites (tertiary alicyclic amines) is 1. The molecule has 1 atom stereocenters. The van der Waals surface area contributed by atoms with Crippen LogP contribution in [0.25, 0.3) is 0 Å². The minimum atomic E-state index is 0.0482. The molecule has 2 aliphatic heterocycles. The number of nitrogens with zero attached hydrogens (tertiary/aromatic N) is 2. The van der Waals surface area contributed by atoms with E-state index in [0.29, 0.717) is 23.1 Å². The van der Waals surface area contributed by atoms with Crippen LogP contribution in [-0.4, -0.2) is 55.6 Å². The van der Waals surface area contributed by atoms with Gasteiger partial charge in [-0.3, -0.25) is 9.69 Å². The van der Waals surface area contributed by atoms with E-state index in [4.69, 9.17) is 9.47 Å². The van der Waals surface area contributed by atoms with Gasteiger partial charge < -0.3 is 14.4 Å². The predicted molar refractivity (Wildman–Crippen MR) is 104 cm³/mol. The van der Waals surface area contributed by atoms with E-state index in [1.165, 1.54) is 11.1 Å². The first kappa shape index (κ1) is 17.9. The predicted octanol–water partition coefficient (Wildman–Crippen LogP) is 2.98. The second-order valence-electron chi connectivity index (χ2n) is 7.28. The molecule has 2 aromatic carbocycles. The van der Waals surface area contributed by atoms with E-state index < -0.39 is 0 Å². The van der Waals surface area contributed by atoms with Crippen LogP contribution in [0.5, 0.6) is 11.5 Å². The van der Waals surface area contributed by atoms with E-state index >= 15 is 0 Å². The third kappa shape index (κ3) is 3.65. The summed E-state index contributed by atoms with van der Waals surface area (Å²) in [6.07, 6.45) is 2.11. The van der Waals surface area contributed by atoms with E-state index in [1.54, 1.807) is 32.4 Å². The number of ether oxygens (including phenoxy) is 2. The summed E-state index contributed by atoms with van der Waals surface area (Å²) in [7, 11) is 3.20. The summed E-state index contributed by atoms with van der Waals surface area (Å²) >= 11 is 0. The molecule has 5 nitrogen and oxygen atoms in total. The highest BCUT2D eigenvalue weighted by Gasteiger charge is 2.32. The number of hydrogen-bond acceptors (Lipinski definition) is 4. The second-order valence-corrected chi connectivity index (χ2v) is 7.28. The Hall–Kier alpha value is -2.53. The number of amides is 1. The molecular weight excluding hydrogens is 340 g/mol. The topological polar surface area (TPSA) is 42.0 Å². The quantitative estimate of drug-likeness (QED) is 0.834. The fourth-order valence-electron chi connectivity index (χ4n) is 4.17. The van der Waals surface area contributed by atoms with Crippen LogP contribution >= 0.6 is 0 Å². The number of hydrogen-bond donors (Lipinski definition) is 0. The van der Waals surface area contributed by atoms with E-state index in [9.17, 15) is 4.79 Å². The number of benzene rings is 2. The first-order valence-electron chi connectivity index (χ1n) is 9.51. The van der Waals surface area contributed by atoms with Crippen LogP contribution in [0.2, 0.25) is 0 Å². The van der Waals surface area contributed by atoms with Gasteiger partial charge >= 0.3 is 0 Å². The van der Waals surface area contributed by atoms with Gasteiger partial charge in [-0.25, -0.2) is 0 Å². The molecule has 1 amide bonds. The average molecular weight is 366 g/mol. The van der Waals surface area contributed by atoms with Crippen molar-refractivity contribution in [1.29, 1.82) is 0 Å². The van der Waals surface area contributed by atoms with Crippen molar-refractivity contribution in [3.05, 3.63) is 59.2 Å². The monoisotopic (exact) mass is 366 g/mol. The van der Waals surface area contributed by atoms with E-state index in [2.05, 4.69) is 29.2 Å². The van der Waals surface area contributed by atoms with Gasteiger partial charge in [0.15, 0.2) is 0 Å². The molecule has 2 aliphatic rings. The number of methoxy groups -OCH3 is 2. The SMILES string of the molecule is COc1cc(OC)cc(C(=O)N2CCC(N3CCc4ccccc4C3)C2)c1. The molecule has 27 heavy (non-hydrogen) atoms. The molecule has 2 heterocycles. The summed E-state index contributed by atoms with van der Waals surface area (Å²) < 4.78 is 10.6. The lowest BCUT2D eigenvalue weighted by atomic mass is 9.98. The van der Waals surface area contributed by atoms with Gasteiger partial charge in [-0.2, -0.15) is 0 Å². The minimum absolute atomic E-state index is 0.0482. The molecule has 0 bridgehead atoms. The number of fused-ring (bicyclic) bond motifs is 1. The molecule has 0 aliphatic carbocycles. The molecule has 1 fully saturated rings. The first-order chi connectivity index (χ1) is 13.2. The number of carbonyl (C=O) groups is 1. The molecule has 0 spiro atoms.